The number of carbonyl (C=O) groups is 2. The first-order chi connectivity index (χ1) is 19.9. The van der Waals surface area contributed by atoms with Gasteiger partial charge < -0.3 is 15.0 Å². The zero-order valence-corrected chi connectivity index (χ0v) is 26.8. The van der Waals surface area contributed by atoms with Gasteiger partial charge in [0.05, 0.1) is 17.2 Å². The third kappa shape index (κ3) is 8.40. The van der Waals surface area contributed by atoms with Crippen LogP contribution in [0.15, 0.2) is 71.6 Å². The second-order valence-corrected chi connectivity index (χ2v) is 12.7. The van der Waals surface area contributed by atoms with Crippen LogP contribution in [0.2, 0.25) is 10.0 Å². The van der Waals surface area contributed by atoms with E-state index >= 15 is 0 Å². The average molecular weight is 635 g/mol. The maximum Gasteiger partial charge on any atom is 0.264 e. The van der Waals surface area contributed by atoms with E-state index in [0.717, 1.165) is 9.87 Å². The molecule has 0 aromatic heterocycles. The monoisotopic (exact) mass is 633 g/mol. The summed E-state index contributed by atoms with van der Waals surface area (Å²) < 4.78 is 34.5. The largest absolute Gasteiger partial charge is 0.494 e. The van der Waals surface area contributed by atoms with Crippen LogP contribution in [-0.4, -0.2) is 50.4 Å². The van der Waals surface area contributed by atoms with Gasteiger partial charge in [0.1, 0.15) is 18.3 Å². The van der Waals surface area contributed by atoms with Gasteiger partial charge in [-0.3, -0.25) is 13.9 Å². The first-order valence-electron chi connectivity index (χ1n) is 13.7. The Morgan fingerprint density at radius 1 is 0.952 bits per heavy atom. The molecule has 8 nitrogen and oxygen atoms in total. The molecule has 2 amide bonds. The van der Waals surface area contributed by atoms with E-state index in [-0.39, 0.29) is 23.4 Å². The van der Waals surface area contributed by atoms with E-state index in [1.165, 1.54) is 17.0 Å². The van der Waals surface area contributed by atoms with Gasteiger partial charge in [-0.05, 0) is 88.2 Å². The van der Waals surface area contributed by atoms with Crippen LogP contribution in [0.25, 0.3) is 0 Å². The van der Waals surface area contributed by atoms with Crippen molar-refractivity contribution in [2.24, 2.45) is 0 Å². The Hall–Kier alpha value is -3.27. The Kier molecular flexibility index (Phi) is 11.7. The summed E-state index contributed by atoms with van der Waals surface area (Å²) in [5, 5.41) is 3.66. The summed E-state index contributed by atoms with van der Waals surface area (Å²) in [4.78, 5) is 28.6. The SMILES string of the molecule is CCOc1ccc(S(=O)(=O)N(CC(=O)N(Cc2ccc(Cl)cc2Cl)[C@H](C)C(=O)N[C@H](C)CC)c2ccc(C)cc2)cc1. The first kappa shape index (κ1) is 33.2. The molecule has 42 heavy (non-hydrogen) atoms. The van der Waals surface area contributed by atoms with Crippen molar-refractivity contribution in [2.45, 2.75) is 64.6 Å². The van der Waals surface area contributed by atoms with Gasteiger partial charge in [0.2, 0.25) is 11.8 Å². The molecule has 0 spiro atoms. The van der Waals surface area contributed by atoms with E-state index in [1.807, 2.05) is 27.7 Å². The number of benzene rings is 3. The van der Waals surface area contributed by atoms with Crippen LogP contribution in [-0.2, 0) is 26.2 Å². The zero-order chi connectivity index (χ0) is 31.0. The number of aryl methyl sites for hydroxylation is 1. The van der Waals surface area contributed by atoms with E-state index in [1.54, 1.807) is 61.5 Å². The highest BCUT2D eigenvalue weighted by atomic mass is 35.5. The summed E-state index contributed by atoms with van der Waals surface area (Å²) in [6.45, 7) is 8.99. The number of hydrogen-bond acceptors (Lipinski definition) is 5. The molecular formula is C31H37Cl2N3O5S. The smallest absolute Gasteiger partial charge is 0.264 e. The van der Waals surface area contributed by atoms with Crippen LogP contribution in [0.1, 0.15) is 45.2 Å². The van der Waals surface area contributed by atoms with Crippen molar-refractivity contribution in [3.63, 3.8) is 0 Å². The number of sulfonamides is 1. The summed E-state index contributed by atoms with van der Waals surface area (Å²) in [6.07, 6.45) is 0.705. The second kappa shape index (κ2) is 14.8. The van der Waals surface area contributed by atoms with Crippen molar-refractivity contribution < 1.29 is 22.7 Å². The fraction of sp³-hybridized carbons (Fsp3) is 0.355. The maximum atomic E-state index is 14.0. The van der Waals surface area contributed by atoms with Crippen LogP contribution in [0.3, 0.4) is 0 Å². The minimum absolute atomic E-state index is 0.00538. The molecule has 3 rings (SSSR count). The van der Waals surface area contributed by atoms with Crippen molar-refractivity contribution in [2.75, 3.05) is 17.5 Å². The Morgan fingerprint density at radius 2 is 1.60 bits per heavy atom. The number of anilines is 1. The number of carbonyl (C=O) groups excluding carboxylic acids is 2. The fourth-order valence-electron chi connectivity index (χ4n) is 4.12. The molecule has 0 saturated heterocycles. The molecule has 0 radical (unpaired) electrons. The van der Waals surface area contributed by atoms with Gasteiger partial charge in [0.25, 0.3) is 10.0 Å². The van der Waals surface area contributed by atoms with Crippen molar-refractivity contribution in [3.05, 3.63) is 87.9 Å². The number of nitrogens with zero attached hydrogens (tertiary/aromatic N) is 2. The number of rotatable bonds is 13. The molecule has 11 heteroatoms. The molecule has 0 unspecified atom stereocenters. The van der Waals surface area contributed by atoms with E-state index in [9.17, 15) is 18.0 Å². The van der Waals surface area contributed by atoms with Gasteiger partial charge in [0, 0.05) is 22.6 Å². The minimum Gasteiger partial charge on any atom is -0.494 e. The lowest BCUT2D eigenvalue weighted by Crippen LogP contribution is -2.52. The molecule has 0 saturated carbocycles. The summed E-state index contributed by atoms with van der Waals surface area (Å²) in [7, 11) is -4.20. The van der Waals surface area contributed by atoms with E-state index in [0.29, 0.717) is 40.1 Å². The Labute approximate surface area is 258 Å². The molecule has 0 aliphatic carbocycles. The van der Waals surface area contributed by atoms with Gasteiger partial charge in [0.15, 0.2) is 0 Å². The molecule has 0 heterocycles. The van der Waals surface area contributed by atoms with Gasteiger partial charge in [-0.1, -0.05) is 53.9 Å². The number of nitrogens with one attached hydrogen (secondary N) is 1. The van der Waals surface area contributed by atoms with Crippen LogP contribution in [0.5, 0.6) is 5.75 Å². The quantitative estimate of drug-likeness (QED) is 0.241. The maximum absolute atomic E-state index is 14.0. The number of halogens is 2. The van der Waals surface area contributed by atoms with Crippen molar-refractivity contribution in [1.82, 2.24) is 10.2 Å². The summed E-state index contributed by atoms with van der Waals surface area (Å²) in [5.41, 5.74) is 1.80. The summed E-state index contributed by atoms with van der Waals surface area (Å²) >= 11 is 12.5. The molecule has 0 aliphatic rings. The van der Waals surface area contributed by atoms with Crippen LogP contribution in [0, 0.1) is 6.92 Å². The molecule has 2 atom stereocenters. The topological polar surface area (TPSA) is 96.0 Å². The Balaban J connectivity index is 2.04. The normalized spacial score (nSPS) is 12.7. The molecule has 3 aromatic rings. The third-order valence-corrected chi connectivity index (χ3v) is 9.22. The summed E-state index contributed by atoms with van der Waals surface area (Å²) in [5.74, 6) is -0.413. The molecule has 3 aromatic carbocycles. The van der Waals surface area contributed by atoms with Crippen molar-refractivity contribution in [3.8, 4) is 5.75 Å². The van der Waals surface area contributed by atoms with E-state index in [4.69, 9.17) is 27.9 Å². The molecule has 1 N–H and O–H groups in total. The predicted molar refractivity (Wildman–Crippen MR) is 168 cm³/mol. The summed E-state index contributed by atoms with van der Waals surface area (Å²) in [6, 6.07) is 16.7. The standard InChI is InChI=1S/C31H37Cl2N3O5S/c1-6-22(4)34-31(38)23(5)35(19-24-10-11-25(32)18-29(24)33)30(37)20-36(26-12-8-21(3)9-13-26)42(39,40)28-16-14-27(15-17-28)41-7-2/h8-18,22-23H,6-7,19-20H2,1-5H3,(H,34,38)/t22-,23-/m1/s1. The minimum atomic E-state index is -4.20. The Bertz CT molecular complexity index is 1480. The van der Waals surface area contributed by atoms with Gasteiger partial charge >= 0.3 is 0 Å². The fourth-order valence-corrected chi connectivity index (χ4v) is 6.01. The first-order valence-corrected chi connectivity index (χ1v) is 15.9. The second-order valence-electron chi connectivity index (χ2n) is 10.0. The van der Waals surface area contributed by atoms with Crippen molar-refractivity contribution in [1.29, 1.82) is 0 Å². The van der Waals surface area contributed by atoms with Crippen LogP contribution in [0.4, 0.5) is 5.69 Å². The lowest BCUT2D eigenvalue weighted by molar-refractivity contribution is -0.139. The highest BCUT2D eigenvalue weighted by Gasteiger charge is 2.33. The number of hydrogen-bond donors (Lipinski definition) is 1. The van der Waals surface area contributed by atoms with E-state index < -0.39 is 28.5 Å². The molecule has 0 fully saturated rings. The van der Waals surface area contributed by atoms with Gasteiger partial charge in [-0.25, -0.2) is 8.42 Å². The lowest BCUT2D eigenvalue weighted by Gasteiger charge is -2.32. The number of amides is 2. The lowest BCUT2D eigenvalue weighted by atomic mass is 10.1. The van der Waals surface area contributed by atoms with Gasteiger partial charge in [-0.2, -0.15) is 0 Å². The zero-order valence-electron chi connectivity index (χ0n) is 24.4. The van der Waals surface area contributed by atoms with Crippen LogP contribution >= 0.6 is 23.2 Å². The molecule has 0 aliphatic heterocycles. The number of ether oxygens (including phenoxy) is 1. The highest BCUT2D eigenvalue weighted by Crippen LogP contribution is 2.27. The van der Waals surface area contributed by atoms with E-state index in [2.05, 4.69) is 5.32 Å². The molecule has 0 bridgehead atoms. The van der Waals surface area contributed by atoms with Crippen molar-refractivity contribution >= 4 is 50.7 Å². The highest BCUT2D eigenvalue weighted by molar-refractivity contribution is 7.92. The predicted octanol–water partition coefficient (Wildman–Crippen LogP) is 6.23. The Morgan fingerprint density at radius 3 is 2.17 bits per heavy atom. The molecule has 226 valence electrons. The third-order valence-electron chi connectivity index (χ3n) is 6.85. The molecular weight excluding hydrogens is 597 g/mol. The van der Waals surface area contributed by atoms with Gasteiger partial charge in [-0.15, -0.1) is 0 Å². The van der Waals surface area contributed by atoms with Crippen LogP contribution < -0.4 is 14.4 Å². The average Bonchev–Trinajstić information content (AvgIpc) is 2.96.